The molecule has 2 aromatic heterocycles. The van der Waals surface area contributed by atoms with Gasteiger partial charge in [0.1, 0.15) is 10.6 Å². The molecule has 8 nitrogen and oxygen atoms in total. The predicted molar refractivity (Wildman–Crippen MR) is 117 cm³/mol. The van der Waals surface area contributed by atoms with E-state index >= 15 is 0 Å². The topological polar surface area (TPSA) is 114 Å². The van der Waals surface area contributed by atoms with Gasteiger partial charge in [0.15, 0.2) is 5.82 Å². The molecule has 0 amide bonds. The summed E-state index contributed by atoms with van der Waals surface area (Å²) >= 11 is 0. The number of hydrogen-bond acceptors (Lipinski definition) is 6. The highest BCUT2D eigenvalue weighted by molar-refractivity contribution is 7.73. The van der Waals surface area contributed by atoms with E-state index in [0.29, 0.717) is 22.5 Å². The molecule has 0 aliphatic carbocycles. The summed E-state index contributed by atoms with van der Waals surface area (Å²) in [7, 11) is -2.51. The first-order chi connectivity index (χ1) is 15.1. The summed E-state index contributed by atoms with van der Waals surface area (Å²) < 4.78 is 31.3. The summed E-state index contributed by atoms with van der Waals surface area (Å²) in [6, 6.07) is 15.5. The van der Waals surface area contributed by atoms with Crippen LogP contribution in [0.25, 0.3) is 16.6 Å². The Bertz CT molecular complexity index is 1430. The van der Waals surface area contributed by atoms with Gasteiger partial charge in [-0.25, -0.2) is 4.98 Å². The highest BCUT2D eigenvalue weighted by Gasteiger charge is 2.16. The summed E-state index contributed by atoms with van der Waals surface area (Å²) in [5.41, 5.74) is 1.82. The molecule has 0 bridgehead atoms. The Kier molecular flexibility index (Phi) is 5.96. The van der Waals surface area contributed by atoms with Crippen LogP contribution in [0.4, 0.5) is 0 Å². The number of aliphatic hydroxyl groups is 1. The molecule has 0 spiro atoms. The van der Waals surface area contributed by atoms with E-state index in [9.17, 15) is 18.3 Å². The number of nitrogens with one attached hydrogen (secondary N) is 1. The van der Waals surface area contributed by atoms with Crippen LogP contribution in [0.1, 0.15) is 17.8 Å². The Balaban J connectivity index is 1.56. The SMILES string of the molecule is O=c1ccc2cc(OCCC(c3nccn3-c3ccccc3CO)=S(=O)=O)ccc2[nH]1. The Labute approximate surface area is 178 Å². The number of ether oxygens (including phenoxy) is 1. The molecule has 2 N–H and O–H groups in total. The third-order valence-corrected chi connectivity index (χ3v) is 5.59. The minimum atomic E-state index is -2.51. The average molecular weight is 437 g/mol. The molecule has 0 aliphatic heterocycles. The quantitative estimate of drug-likeness (QED) is 0.338. The predicted octanol–water partition coefficient (Wildman–Crippen LogP) is 2.07. The third-order valence-electron chi connectivity index (χ3n) is 4.81. The minimum Gasteiger partial charge on any atom is -0.493 e. The van der Waals surface area contributed by atoms with Crippen molar-refractivity contribution in [2.24, 2.45) is 0 Å². The van der Waals surface area contributed by atoms with Gasteiger partial charge < -0.3 is 14.8 Å². The van der Waals surface area contributed by atoms with Crippen LogP contribution in [-0.4, -0.2) is 39.5 Å². The average Bonchev–Trinajstić information content (AvgIpc) is 3.25. The number of aromatic amines is 1. The van der Waals surface area contributed by atoms with Crippen LogP contribution in [0.15, 0.2) is 71.8 Å². The zero-order valence-electron chi connectivity index (χ0n) is 16.4. The molecular weight excluding hydrogens is 418 g/mol. The van der Waals surface area contributed by atoms with Crippen LogP contribution in [0.2, 0.25) is 0 Å². The van der Waals surface area contributed by atoms with Gasteiger partial charge in [0.25, 0.3) is 0 Å². The zero-order valence-corrected chi connectivity index (χ0v) is 17.2. The summed E-state index contributed by atoms with van der Waals surface area (Å²) in [6.45, 7) is -0.0629. The van der Waals surface area contributed by atoms with Crippen LogP contribution in [0.3, 0.4) is 0 Å². The van der Waals surface area contributed by atoms with Crippen molar-refractivity contribution < 1.29 is 18.3 Å². The van der Waals surface area contributed by atoms with Gasteiger partial charge in [-0.05, 0) is 30.3 Å². The Morgan fingerprint density at radius 2 is 1.97 bits per heavy atom. The van der Waals surface area contributed by atoms with Crippen molar-refractivity contribution in [1.29, 1.82) is 0 Å². The minimum absolute atomic E-state index is 0.0999. The molecule has 0 saturated carbocycles. The molecule has 31 heavy (non-hydrogen) atoms. The van der Waals surface area contributed by atoms with E-state index in [-0.39, 0.29) is 35.9 Å². The fraction of sp³-hybridized carbons (Fsp3) is 0.136. The molecule has 0 aliphatic rings. The number of fused-ring (bicyclic) bond motifs is 1. The number of imidazole rings is 1. The molecule has 0 atom stereocenters. The normalized spacial score (nSPS) is 10.9. The number of nitrogens with zero attached hydrogens (tertiary/aromatic N) is 2. The largest absolute Gasteiger partial charge is 0.493 e. The van der Waals surface area contributed by atoms with Crippen molar-refractivity contribution in [1.82, 2.24) is 14.5 Å². The van der Waals surface area contributed by atoms with Crippen LogP contribution >= 0.6 is 0 Å². The number of benzene rings is 2. The Morgan fingerprint density at radius 3 is 2.77 bits per heavy atom. The standard InChI is InChI=1S/C22H19N3O5S/c26-14-16-3-1-2-4-19(16)25-11-10-23-22(25)20(31(28)29)9-12-30-17-6-7-18-15(13-17)5-8-21(27)24-18/h1-8,10-11,13,26H,9,12,14H2,(H,24,27). The Hall–Kier alpha value is -3.69. The van der Waals surface area contributed by atoms with Gasteiger partial charge >= 0.3 is 0 Å². The number of aromatic nitrogens is 3. The lowest BCUT2D eigenvalue weighted by Gasteiger charge is -2.12. The maximum atomic E-state index is 12.0. The van der Waals surface area contributed by atoms with Crippen molar-refractivity contribution in [3.8, 4) is 11.4 Å². The highest BCUT2D eigenvalue weighted by atomic mass is 32.2. The van der Waals surface area contributed by atoms with E-state index in [2.05, 4.69) is 9.97 Å². The second-order valence-corrected chi connectivity index (χ2v) is 7.70. The molecular formula is C22H19N3O5S. The smallest absolute Gasteiger partial charge is 0.248 e. The van der Waals surface area contributed by atoms with E-state index < -0.39 is 10.3 Å². The van der Waals surface area contributed by atoms with Gasteiger partial charge in [0.2, 0.25) is 15.9 Å². The van der Waals surface area contributed by atoms with Crippen molar-refractivity contribution >= 4 is 26.1 Å². The molecule has 158 valence electrons. The second-order valence-electron chi connectivity index (χ2n) is 6.74. The molecule has 4 aromatic rings. The maximum absolute atomic E-state index is 12.0. The number of pyridine rings is 1. The number of para-hydroxylation sites is 1. The van der Waals surface area contributed by atoms with Gasteiger partial charge in [0, 0.05) is 41.3 Å². The summed E-state index contributed by atoms with van der Waals surface area (Å²) in [5.74, 6) is 0.832. The maximum Gasteiger partial charge on any atom is 0.248 e. The van der Waals surface area contributed by atoms with Crippen LogP contribution in [-0.2, 0) is 16.9 Å². The second kappa shape index (κ2) is 8.99. The monoisotopic (exact) mass is 437 g/mol. The Morgan fingerprint density at radius 1 is 1.13 bits per heavy atom. The summed E-state index contributed by atoms with van der Waals surface area (Å²) in [4.78, 5) is 18.4. The van der Waals surface area contributed by atoms with E-state index in [0.717, 1.165) is 5.39 Å². The fourth-order valence-electron chi connectivity index (χ4n) is 3.34. The molecule has 0 saturated heterocycles. The van der Waals surface area contributed by atoms with Gasteiger partial charge in [0.05, 0.1) is 18.9 Å². The summed E-state index contributed by atoms with van der Waals surface area (Å²) in [6.07, 6.45) is 3.28. The number of aliphatic hydroxyl groups excluding tert-OH is 1. The third kappa shape index (κ3) is 4.42. The zero-order chi connectivity index (χ0) is 21.8. The first kappa shape index (κ1) is 20.6. The molecule has 0 unspecified atom stereocenters. The van der Waals surface area contributed by atoms with Gasteiger partial charge in [-0.15, -0.1) is 0 Å². The van der Waals surface area contributed by atoms with E-state index in [1.54, 1.807) is 53.2 Å². The first-order valence-electron chi connectivity index (χ1n) is 9.50. The van der Waals surface area contributed by atoms with E-state index in [4.69, 9.17) is 4.74 Å². The molecule has 0 fully saturated rings. The molecule has 2 heterocycles. The summed E-state index contributed by atoms with van der Waals surface area (Å²) in [5, 5.41) is 10.4. The number of H-pyrrole nitrogens is 1. The molecule has 9 heteroatoms. The van der Waals surface area contributed by atoms with Gasteiger partial charge in [-0.3, -0.25) is 9.36 Å². The lowest BCUT2D eigenvalue weighted by Crippen LogP contribution is -2.15. The lowest BCUT2D eigenvalue weighted by molar-refractivity contribution is 0.281. The van der Waals surface area contributed by atoms with Crippen LogP contribution in [0, 0.1) is 0 Å². The van der Waals surface area contributed by atoms with Crippen molar-refractivity contribution in [2.45, 2.75) is 13.0 Å². The van der Waals surface area contributed by atoms with Gasteiger partial charge in [-0.2, -0.15) is 8.42 Å². The lowest BCUT2D eigenvalue weighted by atomic mass is 10.2. The fourth-order valence-corrected chi connectivity index (χ4v) is 3.89. The molecule has 2 aromatic carbocycles. The van der Waals surface area contributed by atoms with E-state index in [1.165, 1.54) is 12.3 Å². The first-order valence-corrected chi connectivity index (χ1v) is 10.6. The van der Waals surface area contributed by atoms with Crippen molar-refractivity contribution in [2.75, 3.05) is 6.61 Å². The molecule has 4 rings (SSSR count). The van der Waals surface area contributed by atoms with Crippen molar-refractivity contribution in [3.63, 3.8) is 0 Å². The van der Waals surface area contributed by atoms with Crippen LogP contribution in [0.5, 0.6) is 5.75 Å². The number of hydrogen-bond donors (Lipinski definition) is 2. The van der Waals surface area contributed by atoms with Crippen molar-refractivity contribution in [3.05, 3.63) is 88.7 Å². The molecule has 0 radical (unpaired) electrons. The van der Waals surface area contributed by atoms with Gasteiger partial charge in [-0.1, -0.05) is 18.2 Å². The number of rotatable bonds is 7. The van der Waals surface area contributed by atoms with Crippen LogP contribution < -0.4 is 10.3 Å². The highest BCUT2D eigenvalue weighted by Crippen LogP contribution is 2.20. The van der Waals surface area contributed by atoms with E-state index in [1.807, 2.05) is 6.07 Å².